The van der Waals surface area contributed by atoms with Crippen LogP contribution in [0, 0.1) is 13.8 Å². The Morgan fingerprint density at radius 2 is 1.94 bits per heavy atom. The van der Waals surface area contributed by atoms with Gasteiger partial charge in [0.2, 0.25) is 0 Å². The number of rotatable bonds is 3. The Morgan fingerprint density at radius 3 is 2.71 bits per heavy atom. The molecule has 0 aromatic carbocycles. The van der Waals surface area contributed by atoms with Crippen molar-refractivity contribution in [1.82, 2.24) is 24.9 Å². The van der Waals surface area contributed by atoms with Crippen LogP contribution in [0.2, 0.25) is 0 Å². The highest BCUT2D eigenvalue weighted by atomic mass is 32.1. The number of thiophene rings is 1. The van der Waals surface area contributed by atoms with Gasteiger partial charge in [-0.3, -0.25) is 0 Å². The molecule has 2 aliphatic heterocycles. The highest BCUT2D eigenvalue weighted by Gasteiger charge is 2.29. The third kappa shape index (κ3) is 2.90. The minimum Gasteiger partial charge on any atom is -0.372 e. The summed E-state index contributed by atoms with van der Waals surface area (Å²) in [5.74, 6) is 1.90. The molecule has 0 bridgehead atoms. The van der Waals surface area contributed by atoms with Gasteiger partial charge in [0.25, 0.3) is 0 Å². The van der Waals surface area contributed by atoms with Crippen LogP contribution in [0.25, 0.3) is 27.1 Å². The average Bonchev–Trinajstić information content (AvgIpc) is 3.50. The maximum absolute atomic E-state index is 5.87. The van der Waals surface area contributed by atoms with Gasteiger partial charge in [-0.25, -0.2) is 9.50 Å². The molecular formula is C24H29N5OS. The van der Waals surface area contributed by atoms with Crippen LogP contribution in [-0.2, 0) is 18.0 Å². The molecule has 1 fully saturated rings. The van der Waals surface area contributed by atoms with Crippen molar-refractivity contribution in [3.63, 3.8) is 0 Å². The van der Waals surface area contributed by atoms with Crippen molar-refractivity contribution >= 4 is 27.2 Å². The van der Waals surface area contributed by atoms with E-state index in [2.05, 4.69) is 47.4 Å². The van der Waals surface area contributed by atoms with E-state index in [1.165, 1.54) is 56.6 Å². The molecule has 7 heteroatoms. The second-order valence-corrected chi connectivity index (χ2v) is 10.4. The Balaban J connectivity index is 1.58. The summed E-state index contributed by atoms with van der Waals surface area (Å²) >= 11 is 1.97. The Kier molecular flexibility index (Phi) is 4.49. The van der Waals surface area contributed by atoms with E-state index in [1.54, 1.807) is 4.88 Å². The normalized spacial score (nSPS) is 17.5. The van der Waals surface area contributed by atoms with Crippen LogP contribution in [0.5, 0.6) is 0 Å². The third-order valence-electron chi connectivity index (χ3n) is 6.96. The maximum atomic E-state index is 5.87. The van der Waals surface area contributed by atoms with Crippen molar-refractivity contribution in [3.8, 4) is 11.3 Å². The van der Waals surface area contributed by atoms with Crippen LogP contribution >= 0.6 is 11.3 Å². The van der Waals surface area contributed by atoms with Gasteiger partial charge in [0.05, 0.1) is 18.9 Å². The Bertz CT molecular complexity index is 1310. The predicted octanol–water partition coefficient (Wildman–Crippen LogP) is 5.18. The average molecular weight is 436 g/mol. The van der Waals surface area contributed by atoms with Crippen molar-refractivity contribution in [2.24, 2.45) is 0 Å². The van der Waals surface area contributed by atoms with Crippen molar-refractivity contribution in [2.45, 2.75) is 65.6 Å². The van der Waals surface area contributed by atoms with Gasteiger partial charge in [0, 0.05) is 27.6 Å². The van der Waals surface area contributed by atoms with E-state index in [4.69, 9.17) is 4.74 Å². The summed E-state index contributed by atoms with van der Waals surface area (Å²) < 4.78 is 7.81. The fraction of sp³-hybridized carbons (Fsp3) is 0.500. The number of ether oxygens (including phenoxy) is 1. The topological polar surface area (TPSA) is 67.2 Å². The lowest BCUT2D eigenvalue weighted by molar-refractivity contribution is 0.135. The lowest BCUT2D eigenvalue weighted by Gasteiger charge is -2.22. The molecule has 1 saturated heterocycles. The fourth-order valence-electron chi connectivity index (χ4n) is 5.52. The summed E-state index contributed by atoms with van der Waals surface area (Å²) in [6, 6.07) is 0. The summed E-state index contributed by atoms with van der Waals surface area (Å²) in [5, 5.41) is 9.56. The van der Waals surface area contributed by atoms with Gasteiger partial charge in [-0.05, 0) is 68.3 Å². The zero-order chi connectivity index (χ0) is 21.3. The van der Waals surface area contributed by atoms with E-state index < -0.39 is 0 Å². The monoisotopic (exact) mass is 435 g/mol. The summed E-state index contributed by atoms with van der Waals surface area (Å²) in [4.78, 5) is 11.4. The van der Waals surface area contributed by atoms with Crippen molar-refractivity contribution in [2.75, 3.05) is 13.1 Å². The number of aromatic nitrogens is 4. The van der Waals surface area contributed by atoms with Gasteiger partial charge in [0.1, 0.15) is 10.7 Å². The van der Waals surface area contributed by atoms with Gasteiger partial charge in [-0.15, -0.1) is 11.3 Å². The number of nitrogens with zero attached hydrogens (tertiary/aromatic N) is 3. The number of aryl methyl sites for hydroxylation is 2. The largest absolute Gasteiger partial charge is 0.372 e. The molecule has 0 atom stereocenters. The zero-order valence-corrected chi connectivity index (χ0v) is 19.4. The number of hydrogen-bond acceptors (Lipinski definition) is 5. The molecule has 0 radical (unpaired) electrons. The van der Waals surface area contributed by atoms with Gasteiger partial charge < -0.3 is 15.0 Å². The molecular weight excluding hydrogens is 406 g/mol. The quantitative estimate of drug-likeness (QED) is 0.465. The van der Waals surface area contributed by atoms with Gasteiger partial charge in [0.15, 0.2) is 5.65 Å². The minimum absolute atomic E-state index is 0.420. The van der Waals surface area contributed by atoms with Crippen LogP contribution in [-0.4, -0.2) is 32.7 Å². The molecule has 31 heavy (non-hydrogen) atoms. The van der Waals surface area contributed by atoms with Gasteiger partial charge >= 0.3 is 0 Å². The summed E-state index contributed by atoms with van der Waals surface area (Å²) in [6.07, 6.45) is 4.62. The third-order valence-corrected chi connectivity index (χ3v) is 8.33. The lowest BCUT2D eigenvalue weighted by atomic mass is 9.90. The molecule has 4 aromatic heterocycles. The van der Waals surface area contributed by atoms with E-state index in [-0.39, 0.29) is 0 Å². The predicted molar refractivity (Wildman–Crippen MR) is 125 cm³/mol. The number of nitrogens with one attached hydrogen (secondary N) is 2. The fourth-order valence-corrected chi connectivity index (χ4v) is 6.92. The van der Waals surface area contributed by atoms with Crippen LogP contribution in [0.4, 0.5) is 0 Å². The number of pyridine rings is 1. The molecule has 2 aliphatic rings. The highest BCUT2D eigenvalue weighted by Crippen LogP contribution is 2.46. The van der Waals surface area contributed by atoms with Crippen LogP contribution in [0.3, 0.4) is 0 Å². The number of hydrogen-bond donors (Lipinski definition) is 2. The second kappa shape index (κ2) is 7.15. The van der Waals surface area contributed by atoms with Crippen molar-refractivity contribution < 1.29 is 4.74 Å². The summed E-state index contributed by atoms with van der Waals surface area (Å²) in [5.41, 5.74) is 8.70. The molecule has 0 amide bonds. The number of piperidine rings is 1. The van der Waals surface area contributed by atoms with Crippen molar-refractivity contribution in [3.05, 3.63) is 39.2 Å². The first kappa shape index (κ1) is 19.5. The Morgan fingerprint density at radius 1 is 1.16 bits per heavy atom. The summed E-state index contributed by atoms with van der Waals surface area (Å²) in [7, 11) is 0. The van der Waals surface area contributed by atoms with Crippen LogP contribution < -0.4 is 5.32 Å². The minimum atomic E-state index is 0.420. The van der Waals surface area contributed by atoms with Crippen molar-refractivity contribution in [1.29, 1.82) is 0 Å². The zero-order valence-electron chi connectivity index (χ0n) is 18.6. The number of aromatic amines is 1. The molecule has 162 valence electrons. The smallest absolute Gasteiger partial charge is 0.161 e. The second-order valence-electron chi connectivity index (χ2n) is 9.31. The Labute approximate surface area is 186 Å². The van der Waals surface area contributed by atoms with Gasteiger partial charge in [-0.2, -0.15) is 5.10 Å². The van der Waals surface area contributed by atoms with E-state index in [1.807, 2.05) is 22.8 Å². The standard InChI is InChI=1S/C24H29N5OS/c1-12(2)19-20-13(3)22(15-5-7-25-8-6-15)31-24(20)27-21(19)16-9-29-23(26-14(4)28-29)18-11-30-10-17(16)18/h9,12,15,25,27H,5-8,10-11H2,1-4H3. The molecule has 0 aliphatic carbocycles. The number of H-pyrrole nitrogens is 1. The Hall–Kier alpha value is -2.22. The highest BCUT2D eigenvalue weighted by molar-refractivity contribution is 7.19. The maximum Gasteiger partial charge on any atom is 0.161 e. The molecule has 6 rings (SSSR count). The summed E-state index contributed by atoms with van der Waals surface area (Å²) in [6.45, 7) is 12.4. The van der Waals surface area contributed by atoms with E-state index >= 15 is 0 Å². The molecule has 0 saturated carbocycles. The lowest BCUT2D eigenvalue weighted by Crippen LogP contribution is -2.26. The van der Waals surface area contributed by atoms with E-state index in [0.29, 0.717) is 25.0 Å². The first-order chi connectivity index (χ1) is 15.0. The molecule has 2 N–H and O–H groups in total. The molecule has 6 nitrogen and oxygen atoms in total. The SMILES string of the molecule is Cc1nc2c3c(c(-c4[nH]c5sc(C6CCNCC6)c(C)c5c4C(C)C)cn2n1)COC3. The first-order valence-electron chi connectivity index (χ1n) is 11.3. The molecule has 0 spiro atoms. The molecule has 6 heterocycles. The van der Waals surface area contributed by atoms with Crippen LogP contribution in [0.1, 0.15) is 71.5 Å². The number of fused-ring (bicyclic) bond motifs is 4. The van der Waals surface area contributed by atoms with Crippen LogP contribution in [0.15, 0.2) is 6.20 Å². The first-order valence-corrected chi connectivity index (χ1v) is 12.2. The van der Waals surface area contributed by atoms with E-state index in [9.17, 15) is 0 Å². The van der Waals surface area contributed by atoms with Gasteiger partial charge in [-0.1, -0.05) is 13.8 Å². The molecule has 0 unspecified atom stereocenters. The molecule has 4 aromatic rings. The van der Waals surface area contributed by atoms with E-state index in [0.717, 1.165) is 24.6 Å².